The topological polar surface area (TPSA) is 54.0 Å². The number of pyridine rings is 1. The van der Waals surface area contributed by atoms with Gasteiger partial charge in [0.2, 0.25) is 0 Å². The minimum Gasteiger partial charge on any atom is -0.354 e. The molecule has 2 aromatic carbocycles. The fraction of sp³-hybridized carbons (Fsp3) is 0.100. The van der Waals surface area contributed by atoms with Crippen LogP contribution in [0.1, 0.15) is 21.5 Å². The second kappa shape index (κ2) is 7.49. The highest BCUT2D eigenvalue weighted by molar-refractivity contribution is 6.03. The van der Waals surface area contributed by atoms with Crippen LogP contribution in [0.4, 0.5) is 30.4 Å². The first-order valence-electron chi connectivity index (χ1n) is 8.10. The standard InChI is InChI=1S/C20H16F3N3O/c1-13-4-2-3-5-17(13)25-16-10-11-18(24-12-16)26-19(27)14-6-8-15(9-7-14)20(21,22)23/h2-12,25H,1H3,(H,24,26,27). The lowest BCUT2D eigenvalue weighted by Gasteiger charge is -2.10. The summed E-state index contributed by atoms with van der Waals surface area (Å²) in [7, 11) is 0. The molecule has 1 heterocycles. The zero-order valence-electron chi connectivity index (χ0n) is 14.3. The fourth-order valence-electron chi connectivity index (χ4n) is 2.41. The average molecular weight is 371 g/mol. The number of para-hydroxylation sites is 1. The van der Waals surface area contributed by atoms with Crippen LogP contribution < -0.4 is 10.6 Å². The van der Waals surface area contributed by atoms with E-state index in [0.717, 1.165) is 41.2 Å². The molecule has 1 aromatic heterocycles. The number of benzene rings is 2. The van der Waals surface area contributed by atoms with E-state index < -0.39 is 17.6 Å². The maximum absolute atomic E-state index is 12.6. The SMILES string of the molecule is Cc1ccccc1Nc1ccc(NC(=O)c2ccc(C(F)(F)F)cc2)nc1. The van der Waals surface area contributed by atoms with E-state index in [-0.39, 0.29) is 5.56 Å². The molecule has 0 radical (unpaired) electrons. The van der Waals surface area contributed by atoms with Gasteiger partial charge in [0.15, 0.2) is 0 Å². The first-order valence-corrected chi connectivity index (χ1v) is 8.10. The molecule has 4 nitrogen and oxygen atoms in total. The molecule has 0 aliphatic heterocycles. The molecule has 0 saturated carbocycles. The third-order valence-electron chi connectivity index (χ3n) is 3.90. The number of aryl methyl sites for hydroxylation is 1. The predicted molar refractivity (Wildman–Crippen MR) is 98.1 cm³/mol. The van der Waals surface area contributed by atoms with Crippen LogP contribution in [-0.2, 0) is 6.18 Å². The lowest BCUT2D eigenvalue weighted by molar-refractivity contribution is -0.137. The second-order valence-corrected chi connectivity index (χ2v) is 5.90. The zero-order chi connectivity index (χ0) is 19.4. The summed E-state index contributed by atoms with van der Waals surface area (Å²) in [6.07, 6.45) is -2.87. The number of halogens is 3. The van der Waals surface area contributed by atoms with E-state index in [0.29, 0.717) is 5.82 Å². The number of nitrogens with one attached hydrogen (secondary N) is 2. The predicted octanol–water partition coefficient (Wildman–Crippen LogP) is 5.40. The second-order valence-electron chi connectivity index (χ2n) is 5.90. The van der Waals surface area contributed by atoms with Crippen molar-refractivity contribution in [2.24, 2.45) is 0 Å². The van der Waals surface area contributed by atoms with Crippen LogP contribution in [0, 0.1) is 6.92 Å². The Morgan fingerprint density at radius 1 is 0.963 bits per heavy atom. The van der Waals surface area contributed by atoms with Crippen LogP contribution in [-0.4, -0.2) is 10.9 Å². The van der Waals surface area contributed by atoms with E-state index in [2.05, 4.69) is 15.6 Å². The summed E-state index contributed by atoms with van der Waals surface area (Å²) in [5.74, 6) is -0.230. The largest absolute Gasteiger partial charge is 0.416 e. The highest BCUT2D eigenvalue weighted by Gasteiger charge is 2.30. The molecule has 27 heavy (non-hydrogen) atoms. The summed E-state index contributed by atoms with van der Waals surface area (Å²) in [5.41, 5.74) is 2.09. The molecule has 3 rings (SSSR count). The summed E-state index contributed by atoms with van der Waals surface area (Å²) >= 11 is 0. The molecule has 1 amide bonds. The highest BCUT2D eigenvalue weighted by Crippen LogP contribution is 2.29. The molecule has 138 valence electrons. The molecule has 0 aliphatic rings. The van der Waals surface area contributed by atoms with Gasteiger partial charge in [0.1, 0.15) is 5.82 Å². The van der Waals surface area contributed by atoms with Gasteiger partial charge in [-0.3, -0.25) is 4.79 Å². The van der Waals surface area contributed by atoms with Crippen molar-refractivity contribution in [1.29, 1.82) is 0 Å². The Hall–Kier alpha value is -3.35. The molecule has 0 fully saturated rings. The van der Waals surface area contributed by atoms with Crippen LogP contribution in [0.3, 0.4) is 0 Å². The number of rotatable bonds is 4. The molecule has 0 bridgehead atoms. The molecule has 0 saturated heterocycles. The van der Waals surface area contributed by atoms with Crippen LogP contribution in [0.2, 0.25) is 0 Å². The highest BCUT2D eigenvalue weighted by atomic mass is 19.4. The number of carbonyl (C=O) groups excluding carboxylic acids is 1. The number of anilines is 3. The van der Waals surface area contributed by atoms with Gasteiger partial charge in [0.05, 0.1) is 17.4 Å². The van der Waals surface area contributed by atoms with Crippen LogP contribution in [0.5, 0.6) is 0 Å². The molecule has 2 N–H and O–H groups in total. The molecule has 7 heteroatoms. The molecular formula is C20H16F3N3O. The Bertz CT molecular complexity index is 936. The van der Waals surface area contributed by atoms with E-state index >= 15 is 0 Å². The maximum atomic E-state index is 12.6. The normalized spacial score (nSPS) is 11.1. The van der Waals surface area contributed by atoms with Crippen LogP contribution >= 0.6 is 0 Å². The van der Waals surface area contributed by atoms with Gasteiger partial charge in [-0.15, -0.1) is 0 Å². The van der Waals surface area contributed by atoms with Gasteiger partial charge in [0.25, 0.3) is 5.91 Å². The molecule has 0 spiro atoms. The lowest BCUT2D eigenvalue weighted by Crippen LogP contribution is -2.13. The van der Waals surface area contributed by atoms with Crippen molar-refractivity contribution >= 4 is 23.1 Å². The summed E-state index contributed by atoms with van der Waals surface area (Å²) in [5, 5.41) is 5.78. The minimum absolute atomic E-state index is 0.118. The van der Waals surface area contributed by atoms with E-state index in [1.54, 1.807) is 18.3 Å². The van der Waals surface area contributed by atoms with E-state index in [1.807, 2.05) is 31.2 Å². The van der Waals surface area contributed by atoms with Crippen molar-refractivity contribution in [1.82, 2.24) is 4.98 Å². The molecule has 3 aromatic rings. The third-order valence-corrected chi connectivity index (χ3v) is 3.90. The fourth-order valence-corrected chi connectivity index (χ4v) is 2.41. The van der Waals surface area contributed by atoms with Crippen molar-refractivity contribution in [2.45, 2.75) is 13.1 Å². The number of aromatic nitrogens is 1. The van der Waals surface area contributed by atoms with Crippen LogP contribution in [0.25, 0.3) is 0 Å². The smallest absolute Gasteiger partial charge is 0.354 e. The Morgan fingerprint density at radius 3 is 2.26 bits per heavy atom. The van der Waals surface area contributed by atoms with Crippen molar-refractivity contribution in [3.8, 4) is 0 Å². The minimum atomic E-state index is -4.43. The number of carbonyl (C=O) groups is 1. The van der Waals surface area contributed by atoms with E-state index in [1.165, 1.54) is 0 Å². The third kappa shape index (κ3) is 4.63. The Morgan fingerprint density at radius 2 is 1.67 bits per heavy atom. The number of nitrogens with zero attached hydrogens (tertiary/aromatic N) is 1. The zero-order valence-corrected chi connectivity index (χ0v) is 14.3. The Kier molecular flexibility index (Phi) is 5.12. The van der Waals surface area contributed by atoms with Gasteiger partial charge in [0, 0.05) is 11.3 Å². The summed E-state index contributed by atoms with van der Waals surface area (Å²) < 4.78 is 37.7. The Balaban J connectivity index is 1.66. The molecule has 0 atom stereocenters. The van der Waals surface area contributed by atoms with Gasteiger partial charge in [-0.1, -0.05) is 18.2 Å². The van der Waals surface area contributed by atoms with Gasteiger partial charge < -0.3 is 10.6 Å². The van der Waals surface area contributed by atoms with Gasteiger partial charge >= 0.3 is 6.18 Å². The number of alkyl halides is 3. The van der Waals surface area contributed by atoms with Crippen LogP contribution in [0.15, 0.2) is 66.9 Å². The Labute approximate surface area is 154 Å². The van der Waals surface area contributed by atoms with E-state index in [4.69, 9.17) is 0 Å². The lowest BCUT2D eigenvalue weighted by atomic mass is 10.1. The van der Waals surface area contributed by atoms with Crippen molar-refractivity contribution in [3.63, 3.8) is 0 Å². The van der Waals surface area contributed by atoms with Gasteiger partial charge in [-0.25, -0.2) is 4.98 Å². The van der Waals surface area contributed by atoms with Crippen molar-refractivity contribution in [3.05, 3.63) is 83.6 Å². The maximum Gasteiger partial charge on any atom is 0.416 e. The number of hydrogen-bond acceptors (Lipinski definition) is 3. The molecule has 0 aliphatic carbocycles. The van der Waals surface area contributed by atoms with Gasteiger partial charge in [-0.2, -0.15) is 13.2 Å². The summed E-state index contributed by atoms with van der Waals surface area (Å²) in [4.78, 5) is 16.3. The van der Waals surface area contributed by atoms with Crippen molar-refractivity contribution < 1.29 is 18.0 Å². The number of hydrogen-bond donors (Lipinski definition) is 2. The first kappa shape index (κ1) is 18.4. The monoisotopic (exact) mass is 371 g/mol. The van der Waals surface area contributed by atoms with Gasteiger partial charge in [-0.05, 0) is 55.0 Å². The van der Waals surface area contributed by atoms with Crippen molar-refractivity contribution in [2.75, 3.05) is 10.6 Å². The quantitative estimate of drug-likeness (QED) is 0.645. The molecule has 0 unspecified atom stereocenters. The summed E-state index contributed by atoms with van der Waals surface area (Å²) in [6, 6.07) is 15.2. The average Bonchev–Trinajstić information content (AvgIpc) is 2.64. The first-order chi connectivity index (χ1) is 12.8. The molecular weight excluding hydrogens is 355 g/mol. The number of amides is 1. The van der Waals surface area contributed by atoms with E-state index in [9.17, 15) is 18.0 Å². The summed E-state index contributed by atoms with van der Waals surface area (Å²) in [6.45, 7) is 1.98.